The van der Waals surface area contributed by atoms with Gasteiger partial charge in [-0.25, -0.2) is 9.50 Å². The highest BCUT2D eigenvalue weighted by atomic mass is 16.3. The van der Waals surface area contributed by atoms with Gasteiger partial charge in [0.1, 0.15) is 11.8 Å². The normalized spacial score (nSPS) is 15.9. The molecule has 0 amide bonds. The second-order valence-electron chi connectivity index (χ2n) is 6.27. The molecule has 124 valence electrons. The molecule has 4 rings (SSSR count). The van der Waals surface area contributed by atoms with Gasteiger partial charge in [-0.2, -0.15) is 5.10 Å². The van der Waals surface area contributed by atoms with Crippen LogP contribution in [0.3, 0.4) is 0 Å². The summed E-state index contributed by atoms with van der Waals surface area (Å²) in [6.07, 6.45) is 3.71. The lowest BCUT2D eigenvalue weighted by Gasteiger charge is -2.22. The zero-order valence-corrected chi connectivity index (χ0v) is 13.4. The maximum atomic E-state index is 9.24. The van der Waals surface area contributed by atoms with Crippen LogP contribution in [0.5, 0.6) is 0 Å². The maximum Gasteiger partial charge on any atom is 0.151 e. The predicted molar refractivity (Wildman–Crippen MR) is 93.6 cm³/mol. The number of nitrogens with zero attached hydrogens (tertiary/aromatic N) is 3. The van der Waals surface area contributed by atoms with Crippen molar-refractivity contribution < 1.29 is 5.11 Å². The Balaban J connectivity index is 1.87. The fourth-order valence-corrected chi connectivity index (χ4v) is 3.51. The summed E-state index contributed by atoms with van der Waals surface area (Å²) in [5.74, 6) is 0.963. The minimum Gasteiger partial charge on any atom is -0.392 e. The second-order valence-corrected chi connectivity index (χ2v) is 6.27. The molecule has 0 radical (unpaired) electrons. The SMILES string of the molecule is Nc1ncnn2c(C3CCNCC3)cc(-c3ccc(CO)cc3)c12. The second kappa shape index (κ2) is 6.22. The van der Waals surface area contributed by atoms with Gasteiger partial charge >= 0.3 is 0 Å². The van der Waals surface area contributed by atoms with Crippen molar-refractivity contribution in [1.29, 1.82) is 0 Å². The van der Waals surface area contributed by atoms with Crippen molar-refractivity contribution in [1.82, 2.24) is 19.9 Å². The Morgan fingerprint density at radius 2 is 1.96 bits per heavy atom. The fourth-order valence-electron chi connectivity index (χ4n) is 3.51. The molecule has 1 saturated heterocycles. The zero-order valence-electron chi connectivity index (χ0n) is 13.4. The van der Waals surface area contributed by atoms with Crippen molar-refractivity contribution in [3.8, 4) is 11.1 Å². The van der Waals surface area contributed by atoms with E-state index in [0.717, 1.165) is 48.1 Å². The number of benzene rings is 1. The summed E-state index contributed by atoms with van der Waals surface area (Å²) in [6.45, 7) is 2.10. The van der Waals surface area contributed by atoms with Crippen LogP contribution < -0.4 is 11.1 Å². The maximum absolute atomic E-state index is 9.24. The van der Waals surface area contributed by atoms with E-state index in [0.29, 0.717) is 11.7 Å². The minimum absolute atomic E-state index is 0.0440. The number of hydrogen-bond donors (Lipinski definition) is 3. The molecular formula is C18H21N5O. The number of anilines is 1. The topological polar surface area (TPSA) is 88.5 Å². The van der Waals surface area contributed by atoms with Crippen molar-refractivity contribution >= 4 is 11.3 Å². The van der Waals surface area contributed by atoms with Crippen molar-refractivity contribution in [2.45, 2.75) is 25.4 Å². The highest BCUT2D eigenvalue weighted by molar-refractivity contribution is 5.88. The first-order chi connectivity index (χ1) is 11.8. The molecule has 24 heavy (non-hydrogen) atoms. The first-order valence-electron chi connectivity index (χ1n) is 8.31. The Morgan fingerprint density at radius 1 is 1.21 bits per heavy atom. The number of aliphatic hydroxyl groups is 1. The number of nitrogens with two attached hydrogens (primary N) is 1. The Labute approximate surface area is 140 Å². The minimum atomic E-state index is 0.0440. The summed E-state index contributed by atoms with van der Waals surface area (Å²) >= 11 is 0. The van der Waals surface area contributed by atoms with Crippen LogP contribution in [0.2, 0.25) is 0 Å². The van der Waals surface area contributed by atoms with Gasteiger partial charge in [-0.05, 0) is 43.1 Å². The number of aromatic nitrogens is 3. The van der Waals surface area contributed by atoms with Crippen LogP contribution in [0, 0.1) is 0 Å². The summed E-state index contributed by atoms with van der Waals surface area (Å²) in [5.41, 5.74) is 11.2. The Morgan fingerprint density at radius 3 is 2.67 bits per heavy atom. The molecule has 4 N–H and O–H groups in total. The van der Waals surface area contributed by atoms with Crippen molar-refractivity contribution in [2.24, 2.45) is 0 Å². The molecule has 2 aromatic heterocycles. The van der Waals surface area contributed by atoms with Gasteiger partial charge in [0.25, 0.3) is 0 Å². The van der Waals surface area contributed by atoms with E-state index >= 15 is 0 Å². The first kappa shape index (κ1) is 15.1. The number of hydrogen-bond acceptors (Lipinski definition) is 5. The molecule has 1 aliphatic rings. The van der Waals surface area contributed by atoms with Gasteiger partial charge in [0, 0.05) is 17.2 Å². The molecule has 3 heterocycles. The van der Waals surface area contributed by atoms with Crippen molar-refractivity contribution in [2.75, 3.05) is 18.8 Å². The van der Waals surface area contributed by atoms with E-state index in [1.54, 1.807) is 0 Å². The molecule has 1 aromatic carbocycles. The van der Waals surface area contributed by atoms with Crippen LogP contribution >= 0.6 is 0 Å². The van der Waals surface area contributed by atoms with Gasteiger partial charge in [0.2, 0.25) is 0 Å². The molecule has 0 saturated carbocycles. The number of aliphatic hydroxyl groups excluding tert-OH is 1. The average Bonchev–Trinajstić information content (AvgIpc) is 3.04. The largest absolute Gasteiger partial charge is 0.392 e. The van der Waals surface area contributed by atoms with E-state index in [1.165, 1.54) is 12.0 Å². The predicted octanol–water partition coefficient (Wildman–Crippen LogP) is 1.94. The molecule has 0 bridgehead atoms. The van der Waals surface area contributed by atoms with Gasteiger partial charge in [0.15, 0.2) is 5.82 Å². The van der Waals surface area contributed by atoms with Crippen molar-refractivity contribution in [3.05, 3.63) is 47.9 Å². The summed E-state index contributed by atoms with van der Waals surface area (Å²) in [4.78, 5) is 4.18. The van der Waals surface area contributed by atoms with E-state index in [4.69, 9.17) is 5.73 Å². The van der Waals surface area contributed by atoms with E-state index in [2.05, 4.69) is 21.5 Å². The van der Waals surface area contributed by atoms with E-state index in [-0.39, 0.29) is 6.61 Å². The monoisotopic (exact) mass is 323 g/mol. The molecule has 0 spiro atoms. The lowest BCUT2D eigenvalue weighted by atomic mass is 9.94. The van der Waals surface area contributed by atoms with Gasteiger partial charge in [-0.1, -0.05) is 24.3 Å². The summed E-state index contributed by atoms with van der Waals surface area (Å²) in [6, 6.07) is 10.1. The molecule has 1 aliphatic heterocycles. The number of fused-ring (bicyclic) bond motifs is 1. The van der Waals surface area contributed by atoms with Gasteiger partial charge < -0.3 is 16.2 Å². The molecule has 1 fully saturated rings. The van der Waals surface area contributed by atoms with Crippen LogP contribution in [-0.2, 0) is 6.61 Å². The fraction of sp³-hybridized carbons (Fsp3) is 0.333. The van der Waals surface area contributed by atoms with Crippen LogP contribution in [0.25, 0.3) is 16.6 Å². The van der Waals surface area contributed by atoms with Crippen LogP contribution in [-0.4, -0.2) is 32.8 Å². The molecule has 0 unspecified atom stereocenters. The van der Waals surface area contributed by atoms with Gasteiger partial charge in [-0.15, -0.1) is 0 Å². The number of nitrogen functional groups attached to an aromatic ring is 1. The highest BCUT2D eigenvalue weighted by Crippen LogP contribution is 2.35. The molecule has 6 nitrogen and oxygen atoms in total. The summed E-state index contributed by atoms with van der Waals surface area (Å²) in [7, 11) is 0. The average molecular weight is 323 g/mol. The lowest BCUT2D eigenvalue weighted by Crippen LogP contribution is -2.27. The van der Waals surface area contributed by atoms with Crippen LogP contribution in [0.1, 0.15) is 30.0 Å². The summed E-state index contributed by atoms with van der Waals surface area (Å²) < 4.78 is 1.95. The van der Waals surface area contributed by atoms with Crippen molar-refractivity contribution in [3.63, 3.8) is 0 Å². The van der Waals surface area contributed by atoms with E-state index < -0.39 is 0 Å². The smallest absolute Gasteiger partial charge is 0.151 e. The van der Waals surface area contributed by atoms with Crippen LogP contribution in [0.4, 0.5) is 5.82 Å². The summed E-state index contributed by atoms with van der Waals surface area (Å²) in [5, 5.41) is 17.1. The van der Waals surface area contributed by atoms with Gasteiger partial charge in [-0.3, -0.25) is 0 Å². The molecule has 6 heteroatoms. The van der Waals surface area contributed by atoms with E-state index in [9.17, 15) is 5.11 Å². The number of piperidine rings is 1. The molecular weight excluding hydrogens is 302 g/mol. The third-order valence-corrected chi connectivity index (χ3v) is 4.82. The molecule has 3 aromatic rings. The zero-order chi connectivity index (χ0) is 16.5. The van der Waals surface area contributed by atoms with Crippen LogP contribution in [0.15, 0.2) is 36.7 Å². The highest BCUT2D eigenvalue weighted by Gasteiger charge is 2.23. The Bertz CT molecular complexity index is 850. The Hall–Kier alpha value is -2.44. The first-order valence-corrected chi connectivity index (χ1v) is 8.31. The van der Waals surface area contributed by atoms with Gasteiger partial charge in [0.05, 0.1) is 6.61 Å². The lowest BCUT2D eigenvalue weighted by molar-refractivity contribution is 0.282. The standard InChI is InChI=1S/C18H21N5O/c19-18-17-15(13-3-1-12(10-24)2-4-13)9-16(23(17)22-11-21-18)14-5-7-20-8-6-14/h1-4,9,11,14,20,24H,5-8,10H2,(H2,19,21,22). The Kier molecular flexibility index (Phi) is 3.92. The number of rotatable bonds is 3. The third kappa shape index (κ3) is 2.53. The third-order valence-electron chi connectivity index (χ3n) is 4.82. The van der Waals surface area contributed by atoms with E-state index in [1.807, 2.05) is 28.8 Å². The number of nitrogens with one attached hydrogen (secondary N) is 1. The molecule has 0 atom stereocenters. The quantitative estimate of drug-likeness (QED) is 0.685. The molecule has 0 aliphatic carbocycles.